The molecular weight excluding hydrogens is 278 g/mol. The number of alkyl halides is 2. The van der Waals surface area contributed by atoms with Crippen molar-refractivity contribution in [2.75, 3.05) is 0 Å². The number of nitro groups is 1. The first-order valence-electron chi connectivity index (χ1n) is 3.69. The van der Waals surface area contributed by atoms with E-state index in [4.69, 9.17) is 5.11 Å². The fourth-order valence-electron chi connectivity index (χ4n) is 1.06. The number of nitrogens with zero attached hydrogens (tertiary/aromatic N) is 2. The summed E-state index contributed by atoms with van der Waals surface area (Å²) in [6, 6.07) is 0. The van der Waals surface area contributed by atoms with Crippen LogP contribution < -0.4 is 0 Å². The van der Waals surface area contributed by atoms with Gasteiger partial charge in [-0.15, -0.1) is 0 Å². The van der Waals surface area contributed by atoms with Crippen molar-refractivity contribution in [2.24, 2.45) is 0 Å². The van der Waals surface area contributed by atoms with Gasteiger partial charge in [-0.2, -0.15) is 0 Å². The van der Waals surface area contributed by atoms with E-state index < -0.39 is 29.2 Å². The Balaban J connectivity index is 3.51. The van der Waals surface area contributed by atoms with Gasteiger partial charge in [0.2, 0.25) is 0 Å². The lowest BCUT2D eigenvalue weighted by molar-refractivity contribution is -0.387. The van der Waals surface area contributed by atoms with Crippen molar-refractivity contribution >= 4 is 21.6 Å². The molecule has 0 spiro atoms. The van der Waals surface area contributed by atoms with Crippen LogP contribution >= 0.6 is 15.9 Å². The van der Waals surface area contributed by atoms with Gasteiger partial charge in [-0.05, 0) is 15.9 Å². The quantitative estimate of drug-likeness (QED) is 0.524. The Morgan fingerprint density at radius 1 is 1.67 bits per heavy atom. The van der Waals surface area contributed by atoms with Gasteiger partial charge in [0.1, 0.15) is 10.2 Å². The van der Waals surface area contributed by atoms with Crippen molar-refractivity contribution in [1.29, 1.82) is 0 Å². The van der Waals surface area contributed by atoms with E-state index >= 15 is 0 Å². The average Bonchev–Trinajstić information content (AvgIpc) is 2.16. The van der Waals surface area contributed by atoms with Gasteiger partial charge in [0.05, 0.1) is 17.1 Å². The van der Waals surface area contributed by atoms with E-state index in [9.17, 15) is 18.9 Å². The van der Waals surface area contributed by atoms with Crippen LogP contribution in [0.4, 0.5) is 14.5 Å². The van der Waals surface area contributed by atoms with E-state index in [0.717, 1.165) is 6.20 Å². The van der Waals surface area contributed by atoms with Crippen LogP contribution in [0.3, 0.4) is 0 Å². The number of rotatable bonds is 3. The van der Waals surface area contributed by atoms with Gasteiger partial charge in [-0.25, -0.2) is 13.8 Å². The van der Waals surface area contributed by atoms with E-state index in [1.54, 1.807) is 0 Å². The van der Waals surface area contributed by atoms with Gasteiger partial charge in [0.15, 0.2) is 0 Å². The van der Waals surface area contributed by atoms with Gasteiger partial charge in [-0.1, -0.05) is 0 Å². The summed E-state index contributed by atoms with van der Waals surface area (Å²) in [5, 5.41) is 19.3. The minimum absolute atomic E-state index is 0.237. The molecule has 0 unspecified atom stereocenters. The van der Waals surface area contributed by atoms with Gasteiger partial charge < -0.3 is 5.11 Å². The van der Waals surface area contributed by atoms with Crippen LogP contribution in [-0.2, 0) is 6.61 Å². The zero-order valence-electron chi connectivity index (χ0n) is 7.15. The number of hydrogen-bond donors (Lipinski definition) is 1. The summed E-state index contributed by atoms with van der Waals surface area (Å²) < 4.78 is 24.7. The molecule has 5 nitrogen and oxygen atoms in total. The Hall–Kier alpha value is -1.15. The fourth-order valence-corrected chi connectivity index (χ4v) is 1.52. The number of pyridine rings is 1. The van der Waals surface area contributed by atoms with Crippen molar-refractivity contribution in [3.63, 3.8) is 0 Å². The molecular formula is C7H5BrF2N2O3. The molecule has 82 valence electrons. The molecule has 1 aromatic heterocycles. The molecule has 0 fully saturated rings. The number of aliphatic hydroxyl groups is 1. The Morgan fingerprint density at radius 2 is 2.27 bits per heavy atom. The van der Waals surface area contributed by atoms with Crippen LogP contribution in [0.1, 0.15) is 17.6 Å². The van der Waals surface area contributed by atoms with Gasteiger partial charge in [0, 0.05) is 6.20 Å². The lowest BCUT2D eigenvalue weighted by atomic mass is 10.1. The summed E-state index contributed by atoms with van der Waals surface area (Å²) in [6.45, 7) is -0.712. The van der Waals surface area contributed by atoms with Crippen molar-refractivity contribution < 1.29 is 18.8 Å². The predicted octanol–water partition coefficient (Wildman–Crippen LogP) is 2.18. The zero-order valence-corrected chi connectivity index (χ0v) is 8.74. The molecule has 0 aromatic carbocycles. The van der Waals surface area contributed by atoms with Crippen LogP contribution in [0.25, 0.3) is 0 Å². The highest BCUT2D eigenvalue weighted by atomic mass is 79.9. The second-order valence-corrected chi connectivity index (χ2v) is 3.30. The van der Waals surface area contributed by atoms with Crippen LogP contribution in [-0.4, -0.2) is 15.0 Å². The molecule has 0 saturated heterocycles. The Morgan fingerprint density at radius 3 is 2.67 bits per heavy atom. The topological polar surface area (TPSA) is 76.3 Å². The largest absolute Gasteiger partial charge is 0.391 e. The van der Waals surface area contributed by atoms with Crippen LogP contribution in [0, 0.1) is 10.1 Å². The maximum atomic E-state index is 12.5. The molecule has 0 aliphatic rings. The fraction of sp³-hybridized carbons (Fsp3) is 0.286. The molecule has 1 rings (SSSR count). The summed E-state index contributed by atoms with van der Waals surface area (Å²) in [5.41, 5.74) is -1.85. The SMILES string of the molecule is O=[N+]([O-])c1c(CO)cnc(Br)c1C(F)F. The Labute approximate surface area is 91.0 Å². The highest BCUT2D eigenvalue weighted by Gasteiger charge is 2.29. The number of aliphatic hydroxyl groups excluding tert-OH is 1. The third-order valence-electron chi connectivity index (χ3n) is 1.69. The normalized spacial score (nSPS) is 10.7. The first-order chi connectivity index (χ1) is 6.99. The predicted molar refractivity (Wildman–Crippen MR) is 49.5 cm³/mol. The standard InChI is InChI=1S/C7H5BrF2N2O3/c8-6-4(7(9)10)5(12(14)15)3(2-13)1-11-6/h1,7,13H,2H2. The van der Waals surface area contributed by atoms with Crippen LogP contribution in [0.2, 0.25) is 0 Å². The van der Waals surface area contributed by atoms with E-state index in [1.165, 1.54) is 0 Å². The Kier molecular flexibility index (Phi) is 3.64. The number of hydrogen-bond acceptors (Lipinski definition) is 4. The highest BCUT2D eigenvalue weighted by Crippen LogP contribution is 2.36. The molecule has 0 radical (unpaired) electrons. The minimum atomic E-state index is -3.03. The van der Waals surface area contributed by atoms with Crippen molar-refractivity contribution in [2.45, 2.75) is 13.0 Å². The molecule has 0 atom stereocenters. The van der Waals surface area contributed by atoms with Crippen molar-refractivity contribution in [1.82, 2.24) is 4.98 Å². The summed E-state index contributed by atoms with van der Waals surface area (Å²) in [7, 11) is 0. The third-order valence-corrected chi connectivity index (χ3v) is 2.32. The lowest BCUT2D eigenvalue weighted by Crippen LogP contribution is -2.03. The van der Waals surface area contributed by atoms with E-state index in [2.05, 4.69) is 20.9 Å². The summed E-state index contributed by atoms with van der Waals surface area (Å²) in [6.07, 6.45) is -2.05. The van der Waals surface area contributed by atoms with Gasteiger partial charge >= 0.3 is 0 Å². The number of aromatic nitrogens is 1. The van der Waals surface area contributed by atoms with Gasteiger partial charge in [-0.3, -0.25) is 10.1 Å². The molecule has 0 bridgehead atoms. The molecule has 0 saturated carbocycles. The van der Waals surface area contributed by atoms with Crippen molar-refractivity contribution in [3.8, 4) is 0 Å². The zero-order chi connectivity index (χ0) is 11.6. The monoisotopic (exact) mass is 282 g/mol. The molecule has 1 heterocycles. The van der Waals surface area contributed by atoms with E-state index in [0.29, 0.717) is 0 Å². The molecule has 15 heavy (non-hydrogen) atoms. The molecule has 1 aromatic rings. The smallest absolute Gasteiger partial charge is 0.288 e. The minimum Gasteiger partial charge on any atom is -0.391 e. The summed E-state index contributed by atoms with van der Waals surface area (Å²) in [5.74, 6) is 0. The average molecular weight is 283 g/mol. The molecule has 0 aliphatic heterocycles. The maximum absolute atomic E-state index is 12.5. The second-order valence-electron chi connectivity index (χ2n) is 2.55. The molecule has 0 amide bonds. The lowest BCUT2D eigenvalue weighted by Gasteiger charge is -2.06. The third kappa shape index (κ3) is 2.26. The molecule has 0 aliphatic carbocycles. The van der Waals surface area contributed by atoms with E-state index in [1.807, 2.05) is 0 Å². The van der Waals surface area contributed by atoms with Crippen LogP contribution in [0.5, 0.6) is 0 Å². The van der Waals surface area contributed by atoms with Crippen LogP contribution in [0.15, 0.2) is 10.8 Å². The van der Waals surface area contributed by atoms with E-state index in [-0.39, 0.29) is 10.2 Å². The Bertz CT molecular complexity index is 400. The first kappa shape index (κ1) is 11.9. The second kappa shape index (κ2) is 4.58. The highest BCUT2D eigenvalue weighted by molar-refractivity contribution is 9.10. The van der Waals surface area contributed by atoms with Crippen molar-refractivity contribution in [3.05, 3.63) is 32.0 Å². The maximum Gasteiger partial charge on any atom is 0.288 e. The van der Waals surface area contributed by atoms with Gasteiger partial charge in [0.25, 0.3) is 12.1 Å². The summed E-state index contributed by atoms with van der Waals surface area (Å²) in [4.78, 5) is 13.1. The first-order valence-corrected chi connectivity index (χ1v) is 4.49. The summed E-state index contributed by atoms with van der Waals surface area (Å²) >= 11 is 2.70. The molecule has 8 heteroatoms. The molecule has 1 N–H and O–H groups in total. The number of halogens is 3.